The van der Waals surface area contributed by atoms with Crippen LogP contribution in [0, 0.1) is 23.7 Å². The molecule has 2 aliphatic rings. The molecule has 0 saturated heterocycles. The van der Waals surface area contributed by atoms with Gasteiger partial charge in [0.1, 0.15) is 6.29 Å². The molecule has 2 saturated carbocycles. The first-order valence-electron chi connectivity index (χ1n) is 13.2. The van der Waals surface area contributed by atoms with Gasteiger partial charge >= 0.3 is 5.97 Å². The Hall–Kier alpha value is -1.58. The predicted octanol–water partition coefficient (Wildman–Crippen LogP) is 3.49. The number of aldehydes is 1. The Morgan fingerprint density at radius 2 is 1.50 bits per heavy atom. The van der Waals surface area contributed by atoms with Crippen molar-refractivity contribution in [3.8, 4) is 0 Å². The summed E-state index contributed by atoms with van der Waals surface area (Å²) in [4.78, 5) is 21.3. The molecule has 0 aliphatic heterocycles. The third-order valence-corrected chi connectivity index (χ3v) is 7.37. The molecule has 2 aliphatic carbocycles. The van der Waals surface area contributed by atoms with Gasteiger partial charge < -0.3 is 29.2 Å². The van der Waals surface area contributed by atoms with Gasteiger partial charge in [-0.15, -0.1) is 0 Å². The van der Waals surface area contributed by atoms with Gasteiger partial charge in [0.15, 0.2) is 0 Å². The predicted molar refractivity (Wildman–Crippen MR) is 138 cm³/mol. The van der Waals surface area contributed by atoms with Crippen molar-refractivity contribution in [2.75, 3.05) is 53.9 Å². The Bertz CT molecular complexity index is 633. The van der Waals surface area contributed by atoms with Crippen molar-refractivity contribution in [1.29, 1.82) is 0 Å². The van der Waals surface area contributed by atoms with Gasteiger partial charge in [-0.05, 0) is 75.5 Å². The molecule has 1 unspecified atom stereocenters. The Balaban J connectivity index is 0.000000960. The van der Waals surface area contributed by atoms with Crippen molar-refractivity contribution in [2.45, 2.75) is 63.9 Å². The van der Waals surface area contributed by atoms with Gasteiger partial charge in [-0.1, -0.05) is 13.2 Å². The lowest BCUT2D eigenvalue weighted by Gasteiger charge is -2.39. The second kappa shape index (κ2) is 19.5. The van der Waals surface area contributed by atoms with Crippen LogP contribution in [0.5, 0.6) is 0 Å². The van der Waals surface area contributed by atoms with E-state index in [1.807, 2.05) is 0 Å². The molecule has 8 heteroatoms. The number of carbonyl (C=O) groups excluding carboxylic acids is 2. The number of rotatable bonds is 15. The van der Waals surface area contributed by atoms with E-state index in [0.717, 1.165) is 31.5 Å². The van der Waals surface area contributed by atoms with Gasteiger partial charge in [0.25, 0.3) is 0 Å². The number of aliphatic hydroxyl groups is 2. The van der Waals surface area contributed by atoms with Crippen LogP contribution in [-0.4, -0.2) is 82.4 Å². The van der Waals surface area contributed by atoms with Gasteiger partial charge in [-0.25, -0.2) is 4.79 Å². The van der Waals surface area contributed by atoms with Crippen LogP contribution in [0.2, 0.25) is 0 Å². The quantitative estimate of drug-likeness (QED) is 0.148. The fourth-order valence-electron chi connectivity index (χ4n) is 5.19. The fourth-order valence-corrected chi connectivity index (χ4v) is 5.19. The van der Waals surface area contributed by atoms with E-state index in [1.165, 1.54) is 51.4 Å². The minimum Gasteiger partial charge on any atom is -0.462 e. The summed E-state index contributed by atoms with van der Waals surface area (Å²) in [7, 11) is 3.43. The van der Waals surface area contributed by atoms with Crippen LogP contribution in [0.15, 0.2) is 24.3 Å². The van der Waals surface area contributed by atoms with E-state index in [2.05, 4.69) is 13.2 Å². The molecule has 2 fully saturated rings. The maximum atomic E-state index is 11.8. The Labute approximate surface area is 217 Å². The van der Waals surface area contributed by atoms with Gasteiger partial charge in [0.05, 0.1) is 38.1 Å². The molecule has 2 rings (SSSR count). The van der Waals surface area contributed by atoms with Gasteiger partial charge in [-0.3, -0.25) is 4.79 Å². The second-order valence-electron chi connectivity index (χ2n) is 9.94. The highest BCUT2D eigenvalue weighted by Crippen LogP contribution is 2.42. The molecule has 208 valence electrons. The maximum absolute atomic E-state index is 11.8. The number of hydrogen-bond donors (Lipinski definition) is 2. The summed E-state index contributed by atoms with van der Waals surface area (Å²) < 4.78 is 21.9. The average Bonchev–Trinajstić information content (AvgIpc) is 2.93. The number of hydrogen-bond acceptors (Lipinski definition) is 8. The van der Waals surface area contributed by atoms with Crippen LogP contribution < -0.4 is 0 Å². The number of esters is 1. The monoisotopic (exact) mass is 512 g/mol. The summed E-state index contributed by atoms with van der Waals surface area (Å²) in [6.07, 6.45) is 11.7. The van der Waals surface area contributed by atoms with E-state index in [9.17, 15) is 9.59 Å². The normalized spacial score (nSPS) is 24.7. The molecule has 0 spiro atoms. The summed E-state index contributed by atoms with van der Waals surface area (Å²) in [6.45, 7) is 8.63. The van der Waals surface area contributed by atoms with Crippen molar-refractivity contribution in [2.24, 2.45) is 23.7 Å². The molecule has 8 nitrogen and oxygen atoms in total. The van der Waals surface area contributed by atoms with E-state index in [1.54, 1.807) is 14.2 Å². The summed E-state index contributed by atoms with van der Waals surface area (Å²) in [5.74, 6) is 1.87. The molecule has 0 aromatic rings. The van der Waals surface area contributed by atoms with E-state index < -0.39 is 5.97 Å². The van der Waals surface area contributed by atoms with Gasteiger partial charge in [0, 0.05) is 38.9 Å². The number of carbonyl (C=O) groups is 2. The van der Waals surface area contributed by atoms with Crippen molar-refractivity contribution < 1.29 is 38.7 Å². The Kier molecular flexibility index (Phi) is 17.6. The van der Waals surface area contributed by atoms with Crippen molar-refractivity contribution >= 4 is 12.3 Å². The zero-order valence-corrected chi connectivity index (χ0v) is 22.3. The summed E-state index contributed by atoms with van der Waals surface area (Å²) in [5.41, 5.74) is 0.322. The molecular formula is C28H48O8. The van der Waals surface area contributed by atoms with E-state index >= 15 is 0 Å². The van der Waals surface area contributed by atoms with Crippen molar-refractivity contribution in [3.63, 3.8) is 0 Å². The molecule has 2 N–H and O–H groups in total. The first-order chi connectivity index (χ1) is 17.4. The highest BCUT2D eigenvalue weighted by atomic mass is 16.5. The molecule has 0 heterocycles. The molecule has 0 amide bonds. The van der Waals surface area contributed by atoms with Crippen LogP contribution >= 0.6 is 0 Å². The highest BCUT2D eigenvalue weighted by Gasteiger charge is 2.34. The van der Waals surface area contributed by atoms with Crippen LogP contribution in [0.25, 0.3) is 0 Å². The molecule has 36 heavy (non-hydrogen) atoms. The van der Waals surface area contributed by atoms with Crippen molar-refractivity contribution in [3.05, 3.63) is 24.3 Å². The van der Waals surface area contributed by atoms with Crippen LogP contribution in [0.4, 0.5) is 0 Å². The molecule has 0 radical (unpaired) electrons. The summed E-state index contributed by atoms with van der Waals surface area (Å²) >= 11 is 0. The number of methoxy groups -OCH3 is 2. The largest absolute Gasteiger partial charge is 0.462 e. The summed E-state index contributed by atoms with van der Waals surface area (Å²) in [5, 5.41) is 17.0. The number of aliphatic hydroxyl groups excluding tert-OH is 2. The molecule has 0 aromatic heterocycles. The lowest BCUT2D eigenvalue weighted by molar-refractivity contribution is -0.142. The summed E-state index contributed by atoms with van der Waals surface area (Å²) in [6, 6.07) is 0. The van der Waals surface area contributed by atoms with Crippen LogP contribution in [-0.2, 0) is 28.5 Å². The third kappa shape index (κ3) is 12.6. The first-order valence-corrected chi connectivity index (χ1v) is 13.2. The zero-order valence-electron chi connectivity index (χ0n) is 22.3. The lowest BCUT2D eigenvalue weighted by Crippen LogP contribution is -2.33. The van der Waals surface area contributed by atoms with Crippen LogP contribution in [0.3, 0.4) is 0 Å². The Morgan fingerprint density at radius 1 is 0.889 bits per heavy atom. The molecular weight excluding hydrogens is 464 g/mol. The Morgan fingerprint density at radius 3 is 1.97 bits per heavy atom. The first kappa shape index (κ1) is 32.4. The topological polar surface area (TPSA) is 112 Å². The highest BCUT2D eigenvalue weighted by molar-refractivity contribution is 5.87. The third-order valence-electron chi connectivity index (χ3n) is 7.37. The minimum atomic E-state index is -0.506. The maximum Gasteiger partial charge on any atom is 0.335 e. The van der Waals surface area contributed by atoms with E-state index in [0.29, 0.717) is 31.5 Å². The fraction of sp³-hybridized carbons (Fsp3) is 0.786. The average molecular weight is 513 g/mol. The lowest BCUT2D eigenvalue weighted by atomic mass is 9.68. The van der Waals surface area contributed by atoms with Gasteiger partial charge in [0.2, 0.25) is 0 Å². The van der Waals surface area contributed by atoms with Crippen molar-refractivity contribution in [1.82, 2.24) is 0 Å². The van der Waals surface area contributed by atoms with Crippen LogP contribution in [0.1, 0.15) is 57.8 Å². The van der Waals surface area contributed by atoms with E-state index in [4.69, 9.17) is 29.2 Å². The molecule has 0 aromatic carbocycles. The zero-order chi connectivity index (χ0) is 26.8. The smallest absolute Gasteiger partial charge is 0.335 e. The second-order valence-corrected chi connectivity index (χ2v) is 9.94. The SMILES string of the molecule is C=C(C=O)CO.C=C(CO)C(=O)OCC(COC)C1CCC(C2CCC(OCCCOC)CC2)CC1. The molecule has 0 bridgehead atoms. The van der Waals surface area contributed by atoms with Gasteiger partial charge in [-0.2, -0.15) is 0 Å². The number of ether oxygens (including phenoxy) is 4. The minimum absolute atomic E-state index is 0.105. The van der Waals surface area contributed by atoms with E-state index in [-0.39, 0.29) is 30.3 Å². The molecule has 1 atom stereocenters. The standard InChI is InChI=1S/C24H42O6.C4H6O2/c1-18(15-25)24(26)30-17-22(16-28-3)21-7-5-19(6-8-21)20-9-11-23(12-10-20)29-14-4-13-27-2;1-4(2-5)3-6/h19-23,25H,1,4-17H2,2-3H3;2,6H,1,3H2.